The van der Waals surface area contributed by atoms with Crippen LogP contribution in [0.15, 0.2) is 48.5 Å². The van der Waals surface area contributed by atoms with Crippen molar-refractivity contribution in [1.82, 2.24) is 10.6 Å². The highest BCUT2D eigenvalue weighted by molar-refractivity contribution is 6.31. The van der Waals surface area contributed by atoms with Gasteiger partial charge in [-0.15, -0.1) is 0 Å². The van der Waals surface area contributed by atoms with Crippen LogP contribution in [0.25, 0.3) is 0 Å². The number of benzene rings is 2. The van der Waals surface area contributed by atoms with Crippen molar-refractivity contribution in [2.45, 2.75) is 24.9 Å². The molecule has 1 saturated heterocycles. The lowest BCUT2D eigenvalue weighted by Crippen LogP contribution is -2.43. The molecule has 2 aromatic rings. The number of nitrogens with one attached hydrogen (secondary N) is 2. The zero-order valence-electron chi connectivity index (χ0n) is 12.8. The fourth-order valence-corrected chi connectivity index (χ4v) is 3.00. The van der Waals surface area contributed by atoms with E-state index in [1.807, 2.05) is 12.1 Å². The third kappa shape index (κ3) is 3.57. The zero-order chi connectivity index (χ0) is 17.1. The molecule has 2 amide bonds. The Balaban J connectivity index is 1.90. The third-order valence-corrected chi connectivity index (χ3v) is 4.36. The van der Waals surface area contributed by atoms with Gasteiger partial charge in [0.2, 0.25) is 11.8 Å². The molecule has 0 saturated carbocycles. The lowest BCUT2D eigenvalue weighted by molar-refractivity contribution is -0.126. The highest BCUT2D eigenvalue weighted by Gasteiger charge is 2.29. The second-order valence-corrected chi connectivity index (χ2v) is 6.08. The summed E-state index contributed by atoms with van der Waals surface area (Å²) in [7, 11) is 0. The van der Waals surface area contributed by atoms with E-state index in [-0.39, 0.29) is 17.6 Å². The minimum Gasteiger partial charge on any atom is -0.344 e. The molecule has 0 aromatic heterocycles. The summed E-state index contributed by atoms with van der Waals surface area (Å²) in [6.45, 7) is 0. The van der Waals surface area contributed by atoms with E-state index in [1.54, 1.807) is 24.3 Å². The minimum absolute atomic E-state index is 0.133. The van der Waals surface area contributed by atoms with E-state index >= 15 is 0 Å². The van der Waals surface area contributed by atoms with Gasteiger partial charge >= 0.3 is 0 Å². The van der Waals surface area contributed by atoms with Crippen LogP contribution in [0.2, 0.25) is 5.02 Å². The van der Waals surface area contributed by atoms with Crippen LogP contribution in [-0.4, -0.2) is 17.9 Å². The van der Waals surface area contributed by atoms with Crippen LogP contribution in [0.3, 0.4) is 0 Å². The first-order valence-electron chi connectivity index (χ1n) is 7.64. The normalized spacial score (nSPS) is 18.1. The Kier molecular flexibility index (Phi) is 4.81. The summed E-state index contributed by atoms with van der Waals surface area (Å²) < 4.78 is 13.2. The monoisotopic (exact) mass is 346 g/mol. The van der Waals surface area contributed by atoms with Crippen molar-refractivity contribution in [3.8, 4) is 0 Å². The Morgan fingerprint density at radius 1 is 1.21 bits per heavy atom. The van der Waals surface area contributed by atoms with Crippen LogP contribution in [-0.2, 0) is 9.59 Å². The molecular formula is C18H16ClFN2O2. The molecule has 1 unspecified atom stereocenters. The molecule has 124 valence electrons. The van der Waals surface area contributed by atoms with E-state index < -0.39 is 12.1 Å². The van der Waals surface area contributed by atoms with Crippen LogP contribution in [0, 0.1) is 5.82 Å². The number of carbonyl (C=O) groups excluding carboxylic acids is 2. The van der Waals surface area contributed by atoms with Crippen LogP contribution in [0.5, 0.6) is 0 Å². The summed E-state index contributed by atoms with van der Waals surface area (Å²) in [6, 6.07) is 12.0. The summed E-state index contributed by atoms with van der Waals surface area (Å²) >= 11 is 6.27. The van der Waals surface area contributed by atoms with Crippen LogP contribution >= 0.6 is 11.6 Å². The molecule has 0 bridgehead atoms. The molecule has 6 heteroatoms. The van der Waals surface area contributed by atoms with Crippen LogP contribution < -0.4 is 10.6 Å². The Morgan fingerprint density at radius 2 is 1.92 bits per heavy atom. The van der Waals surface area contributed by atoms with Crippen molar-refractivity contribution >= 4 is 23.4 Å². The van der Waals surface area contributed by atoms with Gasteiger partial charge < -0.3 is 10.6 Å². The molecule has 2 atom stereocenters. The van der Waals surface area contributed by atoms with E-state index in [4.69, 9.17) is 11.6 Å². The Morgan fingerprint density at radius 3 is 2.54 bits per heavy atom. The highest BCUT2D eigenvalue weighted by atomic mass is 35.5. The Hall–Kier alpha value is -2.40. The largest absolute Gasteiger partial charge is 0.344 e. The van der Waals surface area contributed by atoms with Gasteiger partial charge in [0, 0.05) is 11.4 Å². The molecule has 0 radical (unpaired) electrons. The fourth-order valence-electron chi connectivity index (χ4n) is 2.76. The van der Waals surface area contributed by atoms with E-state index in [0.29, 0.717) is 29.0 Å². The molecule has 3 rings (SSSR count). The maximum absolute atomic E-state index is 13.2. The number of carbonyl (C=O) groups is 2. The maximum Gasteiger partial charge on any atom is 0.243 e. The van der Waals surface area contributed by atoms with Crippen molar-refractivity contribution in [2.24, 2.45) is 0 Å². The molecule has 0 spiro atoms. The number of hydrogen-bond donors (Lipinski definition) is 2. The standard InChI is InChI=1S/C18H16ClFN2O2/c19-14-4-2-1-3-13(14)17(11-5-7-12(20)8-6-11)22-18(24)15-9-10-16(23)21-15/h1-8,15,17H,9-10H2,(H,21,23)(H,22,24)/t15-,17?/m1/s1. The van der Waals surface area contributed by atoms with Gasteiger partial charge in [-0.1, -0.05) is 41.9 Å². The first kappa shape index (κ1) is 16.5. The Bertz CT molecular complexity index is 764. The molecule has 1 aliphatic heterocycles. The molecule has 24 heavy (non-hydrogen) atoms. The summed E-state index contributed by atoms with van der Waals surface area (Å²) in [4.78, 5) is 23.8. The second-order valence-electron chi connectivity index (χ2n) is 5.67. The van der Waals surface area contributed by atoms with E-state index in [9.17, 15) is 14.0 Å². The average Bonchev–Trinajstić information content (AvgIpc) is 3.01. The average molecular weight is 347 g/mol. The van der Waals surface area contributed by atoms with E-state index in [0.717, 1.165) is 0 Å². The lowest BCUT2D eigenvalue weighted by atomic mass is 9.98. The van der Waals surface area contributed by atoms with Crippen LogP contribution in [0.1, 0.15) is 30.0 Å². The SMILES string of the molecule is O=C1CC[C@H](C(=O)NC(c2ccc(F)cc2)c2ccccc2Cl)N1. The van der Waals surface area contributed by atoms with Crippen molar-refractivity contribution < 1.29 is 14.0 Å². The number of halogens is 2. The van der Waals surface area contributed by atoms with Gasteiger partial charge in [0.1, 0.15) is 11.9 Å². The summed E-state index contributed by atoms with van der Waals surface area (Å²) in [5, 5.41) is 6.06. The van der Waals surface area contributed by atoms with E-state index in [1.165, 1.54) is 12.1 Å². The molecular weight excluding hydrogens is 331 g/mol. The number of rotatable bonds is 4. The second kappa shape index (κ2) is 7.01. The van der Waals surface area contributed by atoms with Gasteiger partial charge in [-0.2, -0.15) is 0 Å². The molecule has 4 nitrogen and oxygen atoms in total. The van der Waals surface area contributed by atoms with Gasteiger partial charge in [-0.25, -0.2) is 4.39 Å². The van der Waals surface area contributed by atoms with Gasteiger partial charge in [0.05, 0.1) is 6.04 Å². The van der Waals surface area contributed by atoms with Gasteiger partial charge in [0.15, 0.2) is 0 Å². The van der Waals surface area contributed by atoms with Crippen molar-refractivity contribution in [2.75, 3.05) is 0 Å². The predicted octanol–water partition coefficient (Wildman–Crippen LogP) is 2.96. The predicted molar refractivity (Wildman–Crippen MR) is 89.0 cm³/mol. The lowest BCUT2D eigenvalue weighted by Gasteiger charge is -2.23. The summed E-state index contributed by atoms with van der Waals surface area (Å²) in [5.74, 6) is -0.771. The smallest absolute Gasteiger partial charge is 0.243 e. The molecule has 1 aliphatic rings. The summed E-state index contributed by atoms with van der Waals surface area (Å²) in [6.07, 6.45) is 0.800. The van der Waals surface area contributed by atoms with Crippen molar-refractivity contribution in [1.29, 1.82) is 0 Å². The minimum atomic E-state index is -0.553. The van der Waals surface area contributed by atoms with Gasteiger partial charge in [-0.3, -0.25) is 9.59 Å². The third-order valence-electron chi connectivity index (χ3n) is 4.02. The van der Waals surface area contributed by atoms with E-state index in [2.05, 4.69) is 10.6 Å². The maximum atomic E-state index is 13.2. The molecule has 0 aliphatic carbocycles. The topological polar surface area (TPSA) is 58.2 Å². The zero-order valence-corrected chi connectivity index (χ0v) is 13.5. The quantitative estimate of drug-likeness (QED) is 0.894. The molecule has 2 aromatic carbocycles. The summed E-state index contributed by atoms with van der Waals surface area (Å²) in [5.41, 5.74) is 1.42. The first-order chi connectivity index (χ1) is 11.5. The van der Waals surface area contributed by atoms with Crippen LogP contribution in [0.4, 0.5) is 4.39 Å². The molecule has 2 N–H and O–H groups in total. The Labute approximate surface area is 144 Å². The highest BCUT2D eigenvalue weighted by Crippen LogP contribution is 2.28. The van der Waals surface area contributed by atoms with Crippen molar-refractivity contribution in [3.05, 3.63) is 70.5 Å². The first-order valence-corrected chi connectivity index (χ1v) is 8.02. The molecule has 1 heterocycles. The van der Waals surface area contributed by atoms with Gasteiger partial charge in [0.25, 0.3) is 0 Å². The van der Waals surface area contributed by atoms with Gasteiger partial charge in [-0.05, 0) is 35.7 Å². The van der Waals surface area contributed by atoms with Crippen molar-refractivity contribution in [3.63, 3.8) is 0 Å². The molecule has 1 fully saturated rings. The number of amides is 2. The fraction of sp³-hybridized carbons (Fsp3) is 0.222. The number of hydrogen-bond acceptors (Lipinski definition) is 2.